The minimum absolute atomic E-state index is 0.0387. The molecule has 19 heavy (non-hydrogen) atoms. The summed E-state index contributed by atoms with van der Waals surface area (Å²) in [6.45, 7) is 3.53. The summed E-state index contributed by atoms with van der Waals surface area (Å²) in [4.78, 5) is 11.7. The van der Waals surface area contributed by atoms with Gasteiger partial charge in [0.15, 0.2) is 0 Å². The first kappa shape index (κ1) is 13.6. The number of hydrogen-bond acceptors (Lipinski definition) is 2. The molecule has 2 N–H and O–H groups in total. The first-order valence-corrected chi connectivity index (χ1v) is 6.45. The molecule has 0 aliphatic heterocycles. The van der Waals surface area contributed by atoms with Crippen LogP contribution in [0.2, 0.25) is 0 Å². The van der Waals surface area contributed by atoms with Crippen LogP contribution in [0.5, 0.6) is 0 Å². The SMILES string of the molecule is C=CC(=O)NC(c1ccccc1)C1(CO)CC=CC1. The highest BCUT2D eigenvalue weighted by Gasteiger charge is 2.40. The second kappa shape index (κ2) is 5.85. The van der Waals surface area contributed by atoms with Crippen molar-refractivity contribution in [1.82, 2.24) is 5.32 Å². The molecule has 0 bridgehead atoms. The molecule has 1 amide bonds. The van der Waals surface area contributed by atoms with Crippen molar-refractivity contribution < 1.29 is 9.90 Å². The first-order valence-electron chi connectivity index (χ1n) is 6.45. The summed E-state index contributed by atoms with van der Waals surface area (Å²) in [6, 6.07) is 9.56. The van der Waals surface area contributed by atoms with E-state index in [4.69, 9.17) is 0 Å². The summed E-state index contributed by atoms with van der Waals surface area (Å²) in [6.07, 6.45) is 6.92. The lowest BCUT2D eigenvalue weighted by atomic mass is 9.75. The number of hydrogen-bond donors (Lipinski definition) is 2. The van der Waals surface area contributed by atoms with Crippen LogP contribution in [0.4, 0.5) is 0 Å². The molecule has 1 aliphatic rings. The van der Waals surface area contributed by atoms with Gasteiger partial charge in [0.25, 0.3) is 0 Å². The number of amides is 1. The Morgan fingerprint density at radius 1 is 1.37 bits per heavy atom. The van der Waals surface area contributed by atoms with Crippen LogP contribution < -0.4 is 5.32 Å². The maximum absolute atomic E-state index is 11.7. The maximum atomic E-state index is 11.7. The molecule has 2 rings (SSSR count). The summed E-state index contributed by atoms with van der Waals surface area (Å²) in [5, 5.41) is 12.8. The summed E-state index contributed by atoms with van der Waals surface area (Å²) < 4.78 is 0. The highest BCUT2D eigenvalue weighted by atomic mass is 16.3. The van der Waals surface area contributed by atoms with Crippen LogP contribution in [-0.2, 0) is 4.79 Å². The molecule has 0 heterocycles. The zero-order valence-corrected chi connectivity index (χ0v) is 10.9. The largest absolute Gasteiger partial charge is 0.396 e. The minimum Gasteiger partial charge on any atom is -0.396 e. The lowest BCUT2D eigenvalue weighted by molar-refractivity contribution is -0.118. The molecule has 0 saturated carbocycles. The van der Waals surface area contributed by atoms with Crippen molar-refractivity contribution in [2.45, 2.75) is 18.9 Å². The molecule has 1 aliphatic carbocycles. The smallest absolute Gasteiger partial charge is 0.243 e. The third-order valence-electron chi connectivity index (χ3n) is 3.75. The molecule has 0 radical (unpaired) electrons. The summed E-state index contributed by atoms with van der Waals surface area (Å²) >= 11 is 0. The summed E-state index contributed by atoms with van der Waals surface area (Å²) in [7, 11) is 0. The molecule has 0 saturated heterocycles. The average molecular weight is 257 g/mol. The highest BCUT2D eigenvalue weighted by Crippen LogP contribution is 2.44. The van der Waals surface area contributed by atoms with Crippen LogP contribution in [0.15, 0.2) is 55.1 Å². The second-order valence-electron chi connectivity index (χ2n) is 4.96. The normalized spacial score (nSPS) is 17.9. The van der Waals surface area contributed by atoms with Gasteiger partial charge >= 0.3 is 0 Å². The van der Waals surface area contributed by atoms with E-state index in [1.807, 2.05) is 30.3 Å². The van der Waals surface area contributed by atoms with Gasteiger partial charge < -0.3 is 10.4 Å². The molecule has 3 heteroatoms. The van der Waals surface area contributed by atoms with E-state index in [0.717, 1.165) is 18.4 Å². The van der Waals surface area contributed by atoms with Gasteiger partial charge in [0, 0.05) is 5.41 Å². The molecule has 100 valence electrons. The molecular weight excluding hydrogens is 238 g/mol. The highest BCUT2D eigenvalue weighted by molar-refractivity contribution is 5.87. The van der Waals surface area contributed by atoms with E-state index in [9.17, 15) is 9.90 Å². The predicted octanol–water partition coefficient (Wildman–Crippen LogP) is 2.36. The Morgan fingerprint density at radius 2 is 2.00 bits per heavy atom. The van der Waals surface area contributed by atoms with Gasteiger partial charge in [-0.25, -0.2) is 0 Å². The van der Waals surface area contributed by atoms with Gasteiger partial charge in [0.05, 0.1) is 12.6 Å². The van der Waals surface area contributed by atoms with Crippen LogP contribution >= 0.6 is 0 Å². The number of rotatable bonds is 5. The maximum Gasteiger partial charge on any atom is 0.243 e. The van der Waals surface area contributed by atoms with Crippen LogP contribution in [0, 0.1) is 5.41 Å². The lowest BCUT2D eigenvalue weighted by Crippen LogP contribution is -2.41. The molecule has 0 spiro atoms. The van der Waals surface area contributed by atoms with E-state index >= 15 is 0 Å². The quantitative estimate of drug-likeness (QED) is 0.628. The number of benzene rings is 1. The number of aliphatic hydroxyl groups excluding tert-OH is 1. The monoisotopic (exact) mass is 257 g/mol. The van der Waals surface area contributed by atoms with E-state index in [1.54, 1.807) is 0 Å². The fraction of sp³-hybridized carbons (Fsp3) is 0.312. The van der Waals surface area contributed by atoms with Crippen molar-refractivity contribution >= 4 is 5.91 Å². The van der Waals surface area contributed by atoms with Gasteiger partial charge in [-0.05, 0) is 24.5 Å². The Bertz CT molecular complexity index is 471. The molecule has 0 aromatic heterocycles. The number of carbonyl (C=O) groups is 1. The van der Waals surface area contributed by atoms with Crippen molar-refractivity contribution in [2.75, 3.05) is 6.61 Å². The number of allylic oxidation sites excluding steroid dienone is 2. The van der Waals surface area contributed by atoms with Gasteiger partial charge in [-0.1, -0.05) is 49.1 Å². The summed E-state index contributed by atoms with van der Waals surface area (Å²) in [5.41, 5.74) is 0.662. The zero-order valence-electron chi connectivity index (χ0n) is 10.9. The topological polar surface area (TPSA) is 49.3 Å². The number of nitrogens with one attached hydrogen (secondary N) is 1. The van der Waals surface area contributed by atoms with Gasteiger partial charge in [-0.3, -0.25) is 4.79 Å². The van der Waals surface area contributed by atoms with E-state index in [0.29, 0.717) is 0 Å². The molecule has 0 fully saturated rings. The zero-order chi connectivity index (χ0) is 13.7. The van der Waals surface area contributed by atoms with Crippen molar-refractivity contribution in [3.8, 4) is 0 Å². The van der Waals surface area contributed by atoms with Crippen molar-refractivity contribution in [1.29, 1.82) is 0 Å². The average Bonchev–Trinajstić information content (AvgIpc) is 2.95. The molecule has 1 aromatic rings. The molecule has 1 atom stereocenters. The Kier molecular flexibility index (Phi) is 4.17. The summed E-state index contributed by atoms with van der Waals surface area (Å²) in [5.74, 6) is -0.214. The minimum atomic E-state index is -0.347. The standard InChI is InChI=1S/C16H19NO2/c1-2-14(19)17-15(13-8-4-3-5-9-13)16(12-18)10-6-7-11-16/h2-9,15,18H,1,10-12H2,(H,17,19). The molecule has 1 unspecified atom stereocenters. The van der Waals surface area contributed by atoms with Crippen molar-refractivity contribution in [2.24, 2.45) is 5.41 Å². The second-order valence-corrected chi connectivity index (χ2v) is 4.96. The lowest BCUT2D eigenvalue weighted by Gasteiger charge is -2.36. The first-order chi connectivity index (χ1) is 9.22. The molecule has 3 nitrogen and oxygen atoms in total. The Balaban J connectivity index is 2.33. The fourth-order valence-electron chi connectivity index (χ4n) is 2.61. The van der Waals surface area contributed by atoms with Crippen LogP contribution in [-0.4, -0.2) is 17.6 Å². The Hall–Kier alpha value is -1.87. The Morgan fingerprint density at radius 3 is 2.53 bits per heavy atom. The third-order valence-corrected chi connectivity index (χ3v) is 3.75. The van der Waals surface area contributed by atoms with Gasteiger partial charge in [-0.2, -0.15) is 0 Å². The predicted molar refractivity (Wildman–Crippen MR) is 75.4 cm³/mol. The van der Waals surface area contributed by atoms with Crippen molar-refractivity contribution in [3.05, 3.63) is 60.7 Å². The third kappa shape index (κ3) is 2.76. The van der Waals surface area contributed by atoms with Crippen molar-refractivity contribution in [3.63, 3.8) is 0 Å². The van der Waals surface area contributed by atoms with Gasteiger partial charge in [-0.15, -0.1) is 0 Å². The van der Waals surface area contributed by atoms with Gasteiger partial charge in [0.2, 0.25) is 5.91 Å². The van der Waals surface area contributed by atoms with Crippen LogP contribution in [0.1, 0.15) is 24.4 Å². The number of carbonyl (C=O) groups excluding carboxylic acids is 1. The van der Waals surface area contributed by atoms with E-state index in [-0.39, 0.29) is 24.0 Å². The van der Waals surface area contributed by atoms with E-state index < -0.39 is 0 Å². The molecular formula is C16H19NO2. The molecule has 1 aromatic carbocycles. The van der Waals surface area contributed by atoms with E-state index in [2.05, 4.69) is 24.0 Å². The van der Waals surface area contributed by atoms with Crippen LogP contribution in [0.25, 0.3) is 0 Å². The Labute approximate surface area is 113 Å². The van der Waals surface area contributed by atoms with Gasteiger partial charge in [0.1, 0.15) is 0 Å². The van der Waals surface area contributed by atoms with Crippen LogP contribution in [0.3, 0.4) is 0 Å². The fourth-order valence-corrected chi connectivity index (χ4v) is 2.61. The van der Waals surface area contributed by atoms with E-state index in [1.165, 1.54) is 6.08 Å². The number of aliphatic hydroxyl groups is 1.